The van der Waals surface area contributed by atoms with E-state index >= 15 is 0 Å². The van der Waals surface area contributed by atoms with Crippen LogP contribution in [0.15, 0.2) is 24.3 Å². The van der Waals surface area contributed by atoms with E-state index in [9.17, 15) is 18.0 Å². The fraction of sp³-hybridized carbons (Fsp3) is 0.364. The molecule has 0 aliphatic heterocycles. The highest BCUT2D eigenvalue weighted by Gasteiger charge is 2.28. The van der Waals surface area contributed by atoms with Crippen molar-refractivity contribution in [1.82, 2.24) is 5.48 Å². The van der Waals surface area contributed by atoms with Gasteiger partial charge in [-0.1, -0.05) is 12.1 Å². The molecule has 1 amide bonds. The molecule has 1 aromatic rings. The first kappa shape index (κ1) is 15.1. The largest absolute Gasteiger partial charge is 0.480 e. The number of carbonyl (C=O) groups excluding carboxylic acids is 1. The van der Waals surface area contributed by atoms with Gasteiger partial charge < -0.3 is 9.47 Å². The van der Waals surface area contributed by atoms with Gasteiger partial charge in [0.05, 0.1) is 7.11 Å². The zero-order valence-electron chi connectivity index (χ0n) is 9.99. The predicted molar refractivity (Wildman–Crippen MR) is 58.6 cm³/mol. The second-order valence-corrected chi connectivity index (χ2v) is 3.37. The van der Waals surface area contributed by atoms with Crippen molar-refractivity contribution in [2.45, 2.75) is 6.18 Å². The molecule has 1 aromatic carbocycles. The molecular weight excluding hydrogens is 267 g/mol. The summed E-state index contributed by atoms with van der Waals surface area (Å²) >= 11 is 0. The van der Waals surface area contributed by atoms with Crippen molar-refractivity contribution in [2.24, 2.45) is 0 Å². The molecule has 1 N–H and O–H groups in total. The number of amides is 1. The zero-order chi connectivity index (χ0) is 14.3. The number of hydroxylamine groups is 1. The molecule has 0 aliphatic rings. The first-order chi connectivity index (χ1) is 8.92. The minimum Gasteiger partial charge on any atom is -0.480 e. The Kier molecular flexibility index (Phi) is 5.43. The third kappa shape index (κ3) is 5.96. The Bertz CT molecular complexity index is 423. The van der Waals surface area contributed by atoms with Gasteiger partial charge in [-0.2, -0.15) is 13.2 Å². The molecule has 0 heterocycles. The topological polar surface area (TPSA) is 56.8 Å². The van der Waals surface area contributed by atoms with E-state index in [0.717, 1.165) is 0 Å². The Labute approximate surface area is 107 Å². The second kappa shape index (κ2) is 6.83. The van der Waals surface area contributed by atoms with Gasteiger partial charge in [0.25, 0.3) is 5.91 Å². The smallest absolute Gasteiger partial charge is 0.422 e. The Morgan fingerprint density at radius 3 is 2.32 bits per heavy atom. The fourth-order valence-electron chi connectivity index (χ4n) is 1.13. The van der Waals surface area contributed by atoms with Gasteiger partial charge in [0.2, 0.25) is 0 Å². The van der Waals surface area contributed by atoms with Crippen LogP contribution in [0.4, 0.5) is 13.2 Å². The van der Waals surface area contributed by atoms with Crippen LogP contribution in [0, 0.1) is 0 Å². The summed E-state index contributed by atoms with van der Waals surface area (Å²) < 4.78 is 45.7. The van der Waals surface area contributed by atoms with E-state index in [1.807, 2.05) is 5.48 Å². The molecule has 106 valence electrons. The SMILES string of the molecule is CONC(=O)COc1ccccc1OCC(F)(F)F. The van der Waals surface area contributed by atoms with Crippen molar-refractivity contribution in [3.05, 3.63) is 24.3 Å². The number of hydrogen-bond donors (Lipinski definition) is 1. The number of alkyl halides is 3. The number of benzene rings is 1. The van der Waals surface area contributed by atoms with E-state index in [1.54, 1.807) is 6.07 Å². The summed E-state index contributed by atoms with van der Waals surface area (Å²) in [6.07, 6.45) is -4.44. The van der Waals surface area contributed by atoms with Crippen molar-refractivity contribution in [2.75, 3.05) is 20.3 Å². The van der Waals surface area contributed by atoms with E-state index in [2.05, 4.69) is 9.57 Å². The number of carbonyl (C=O) groups is 1. The van der Waals surface area contributed by atoms with Crippen LogP contribution in [-0.2, 0) is 9.63 Å². The summed E-state index contributed by atoms with van der Waals surface area (Å²) in [4.78, 5) is 15.4. The molecule has 0 saturated carbocycles. The standard InChI is InChI=1S/C11H12F3NO4/c1-17-15-10(16)6-18-8-4-2-3-5-9(8)19-7-11(12,13)14/h2-5H,6-7H2,1H3,(H,15,16). The molecule has 0 aromatic heterocycles. The molecule has 5 nitrogen and oxygen atoms in total. The number of ether oxygens (including phenoxy) is 2. The molecular formula is C11H12F3NO4. The van der Waals surface area contributed by atoms with Crippen molar-refractivity contribution in [1.29, 1.82) is 0 Å². The molecule has 0 aliphatic carbocycles. The highest BCUT2D eigenvalue weighted by Crippen LogP contribution is 2.28. The Balaban J connectivity index is 2.60. The van der Waals surface area contributed by atoms with Gasteiger partial charge in [0.1, 0.15) is 0 Å². The van der Waals surface area contributed by atoms with Crippen LogP contribution >= 0.6 is 0 Å². The van der Waals surface area contributed by atoms with Crippen molar-refractivity contribution in [3.8, 4) is 11.5 Å². The van der Waals surface area contributed by atoms with Gasteiger partial charge in [-0.25, -0.2) is 5.48 Å². The molecule has 0 bridgehead atoms. The van der Waals surface area contributed by atoms with Gasteiger partial charge in [0.15, 0.2) is 24.7 Å². The number of halogens is 3. The number of rotatable bonds is 6. The highest BCUT2D eigenvalue weighted by molar-refractivity contribution is 5.76. The summed E-state index contributed by atoms with van der Waals surface area (Å²) in [6, 6.07) is 5.75. The third-order valence-electron chi connectivity index (χ3n) is 1.82. The number of nitrogens with one attached hydrogen (secondary N) is 1. The van der Waals surface area contributed by atoms with E-state index < -0.39 is 25.3 Å². The summed E-state index contributed by atoms with van der Waals surface area (Å²) in [5, 5.41) is 0. The van der Waals surface area contributed by atoms with Crippen LogP contribution in [-0.4, -0.2) is 32.4 Å². The molecule has 0 fully saturated rings. The lowest BCUT2D eigenvalue weighted by Gasteiger charge is -2.13. The van der Waals surface area contributed by atoms with Crippen LogP contribution in [0.2, 0.25) is 0 Å². The van der Waals surface area contributed by atoms with Crippen molar-refractivity contribution in [3.63, 3.8) is 0 Å². The normalized spacial score (nSPS) is 10.9. The average Bonchev–Trinajstić information content (AvgIpc) is 2.34. The predicted octanol–water partition coefficient (Wildman–Crippen LogP) is 1.68. The van der Waals surface area contributed by atoms with Gasteiger partial charge in [-0.15, -0.1) is 0 Å². The van der Waals surface area contributed by atoms with Crippen LogP contribution in [0.3, 0.4) is 0 Å². The second-order valence-electron chi connectivity index (χ2n) is 3.37. The molecule has 8 heteroatoms. The van der Waals surface area contributed by atoms with E-state index in [0.29, 0.717) is 0 Å². The van der Waals surface area contributed by atoms with E-state index in [1.165, 1.54) is 25.3 Å². The lowest BCUT2D eigenvalue weighted by atomic mass is 10.3. The van der Waals surface area contributed by atoms with Crippen LogP contribution in [0.1, 0.15) is 0 Å². The summed E-state index contributed by atoms with van der Waals surface area (Å²) in [5.41, 5.74) is 2.01. The van der Waals surface area contributed by atoms with Gasteiger partial charge in [-0.3, -0.25) is 9.63 Å². The maximum atomic E-state index is 12.0. The van der Waals surface area contributed by atoms with Crippen molar-refractivity contribution >= 4 is 5.91 Å². The average molecular weight is 279 g/mol. The lowest BCUT2D eigenvalue weighted by molar-refractivity contribution is -0.153. The first-order valence-corrected chi connectivity index (χ1v) is 5.15. The summed E-state index contributed by atoms with van der Waals surface area (Å²) in [5.74, 6) is -0.629. The highest BCUT2D eigenvalue weighted by atomic mass is 19.4. The molecule has 19 heavy (non-hydrogen) atoms. The Hall–Kier alpha value is -1.96. The van der Waals surface area contributed by atoms with Crippen LogP contribution < -0.4 is 15.0 Å². The van der Waals surface area contributed by atoms with Crippen LogP contribution in [0.5, 0.6) is 11.5 Å². The molecule has 0 unspecified atom stereocenters. The van der Waals surface area contributed by atoms with E-state index in [4.69, 9.17) is 4.74 Å². The summed E-state index contributed by atoms with van der Waals surface area (Å²) in [6.45, 7) is -1.84. The molecule has 0 saturated heterocycles. The van der Waals surface area contributed by atoms with Crippen LogP contribution in [0.25, 0.3) is 0 Å². The first-order valence-electron chi connectivity index (χ1n) is 5.15. The lowest BCUT2D eigenvalue weighted by Crippen LogP contribution is -2.27. The number of hydrogen-bond acceptors (Lipinski definition) is 4. The Morgan fingerprint density at radius 2 is 1.79 bits per heavy atom. The molecule has 0 spiro atoms. The molecule has 0 atom stereocenters. The number of para-hydroxylation sites is 2. The molecule has 0 radical (unpaired) electrons. The minimum absolute atomic E-state index is 0.0398. The third-order valence-corrected chi connectivity index (χ3v) is 1.82. The van der Waals surface area contributed by atoms with Gasteiger partial charge in [-0.05, 0) is 12.1 Å². The minimum atomic E-state index is -4.44. The van der Waals surface area contributed by atoms with Gasteiger partial charge >= 0.3 is 6.18 Å². The fourth-order valence-corrected chi connectivity index (χ4v) is 1.13. The summed E-state index contributed by atoms with van der Waals surface area (Å²) in [7, 11) is 1.25. The van der Waals surface area contributed by atoms with E-state index in [-0.39, 0.29) is 11.5 Å². The maximum absolute atomic E-state index is 12.0. The monoisotopic (exact) mass is 279 g/mol. The van der Waals surface area contributed by atoms with Crippen molar-refractivity contribution < 1.29 is 32.3 Å². The molecule has 1 rings (SSSR count). The Morgan fingerprint density at radius 1 is 1.21 bits per heavy atom. The maximum Gasteiger partial charge on any atom is 0.422 e. The quantitative estimate of drug-likeness (QED) is 0.805. The van der Waals surface area contributed by atoms with Gasteiger partial charge in [0, 0.05) is 0 Å². The zero-order valence-corrected chi connectivity index (χ0v) is 9.99.